The summed E-state index contributed by atoms with van der Waals surface area (Å²) in [5.74, 6) is -0.630. The molecule has 0 heterocycles. The highest BCUT2D eigenvalue weighted by molar-refractivity contribution is 7.92. The molecule has 30 heavy (non-hydrogen) atoms. The number of hydrogen-bond donors (Lipinski definition) is 3. The van der Waals surface area contributed by atoms with Crippen LogP contribution in [0.1, 0.15) is 20.7 Å². The van der Waals surface area contributed by atoms with Crippen LogP contribution in [0.2, 0.25) is 5.02 Å². The Hall–Kier alpha value is -3.36. The molecule has 0 unspecified atom stereocenters. The van der Waals surface area contributed by atoms with Crippen LogP contribution in [0.25, 0.3) is 0 Å². The summed E-state index contributed by atoms with van der Waals surface area (Å²) in [4.78, 5) is 24.0. The first-order chi connectivity index (χ1) is 14.3. The van der Waals surface area contributed by atoms with E-state index in [0.29, 0.717) is 22.0 Å². The summed E-state index contributed by atoms with van der Waals surface area (Å²) >= 11 is 5.80. The van der Waals surface area contributed by atoms with E-state index in [1.165, 1.54) is 31.3 Å². The normalized spacial score (nSPS) is 10.9. The monoisotopic (exact) mass is 443 g/mol. The SMILES string of the molecule is CNC(=O)c1ccc(NC(=O)c2ccc(S(=O)(=O)Nc3ccc(Cl)cc3)cc2)cc1. The molecular formula is C21H18ClN3O4S. The van der Waals surface area contributed by atoms with Gasteiger partial charge in [-0.2, -0.15) is 0 Å². The summed E-state index contributed by atoms with van der Waals surface area (Å²) in [5, 5.41) is 5.71. The van der Waals surface area contributed by atoms with Gasteiger partial charge in [0.05, 0.1) is 4.90 Å². The fourth-order valence-corrected chi connectivity index (χ4v) is 3.75. The van der Waals surface area contributed by atoms with Crippen LogP contribution in [-0.4, -0.2) is 27.3 Å². The molecule has 3 aromatic rings. The van der Waals surface area contributed by atoms with Crippen LogP contribution in [0.15, 0.2) is 77.7 Å². The van der Waals surface area contributed by atoms with Gasteiger partial charge in [-0.15, -0.1) is 0 Å². The summed E-state index contributed by atoms with van der Waals surface area (Å²) in [7, 11) is -2.27. The molecule has 0 atom stereocenters. The first kappa shape index (κ1) is 21.4. The average molecular weight is 444 g/mol. The van der Waals surface area contributed by atoms with E-state index in [0.717, 1.165) is 0 Å². The van der Waals surface area contributed by atoms with Gasteiger partial charge in [0.25, 0.3) is 21.8 Å². The number of carbonyl (C=O) groups is 2. The van der Waals surface area contributed by atoms with Crippen molar-refractivity contribution >= 4 is 44.8 Å². The van der Waals surface area contributed by atoms with E-state index < -0.39 is 15.9 Å². The number of halogens is 1. The van der Waals surface area contributed by atoms with Crippen LogP contribution in [0.4, 0.5) is 11.4 Å². The third-order valence-electron chi connectivity index (χ3n) is 4.16. The Morgan fingerprint density at radius 3 is 1.80 bits per heavy atom. The predicted molar refractivity (Wildman–Crippen MR) is 116 cm³/mol. The van der Waals surface area contributed by atoms with E-state index in [1.807, 2.05) is 0 Å². The maximum atomic E-state index is 12.5. The van der Waals surface area contributed by atoms with E-state index in [9.17, 15) is 18.0 Å². The Labute approximate surface area is 179 Å². The van der Waals surface area contributed by atoms with Crippen LogP contribution in [0.5, 0.6) is 0 Å². The van der Waals surface area contributed by atoms with Gasteiger partial charge in [0, 0.05) is 34.6 Å². The number of nitrogens with one attached hydrogen (secondary N) is 3. The Balaban J connectivity index is 1.69. The minimum atomic E-state index is -3.81. The molecule has 2 amide bonds. The average Bonchev–Trinajstić information content (AvgIpc) is 2.75. The molecule has 0 fully saturated rings. The maximum Gasteiger partial charge on any atom is 0.261 e. The molecule has 0 aliphatic carbocycles. The molecule has 7 nitrogen and oxygen atoms in total. The standard InChI is InChI=1S/C21H18ClN3O4S/c1-23-20(26)14-2-8-17(9-3-14)24-21(27)15-4-12-19(13-5-15)30(28,29)25-18-10-6-16(22)7-11-18/h2-13,25H,1H3,(H,23,26)(H,24,27). The molecule has 0 aromatic heterocycles. The van der Waals surface area contributed by atoms with E-state index >= 15 is 0 Å². The van der Waals surface area contributed by atoms with Gasteiger partial charge in [0.1, 0.15) is 0 Å². The topological polar surface area (TPSA) is 104 Å². The van der Waals surface area contributed by atoms with Gasteiger partial charge in [-0.25, -0.2) is 8.42 Å². The van der Waals surface area contributed by atoms with Crippen LogP contribution < -0.4 is 15.4 Å². The number of hydrogen-bond acceptors (Lipinski definition) is 4. The summed E-state index contributed by atoms with van der Waals surface area (Å²) in [5.41, 5.74) is 1.64. The second-order valence-electron chi connectivity index (χ2n) is 6.25. The van der Waals surface area contributed by atoms with Crippen LogP contribution in [-0.2, 0) is 10.0 Å². The molecular weight excluding hydrogens is 426 g/mol. The van der Waals surface area contributed by atoms with Crippen LogP contribution in [0, 0.1) is 0 Å². The fraction of sp³-hybridized carbons (Fsp3) is 0.0476. The van der Waals surface area contributed by atoms with E-state index in [1.54, 1.807) is 48.5 Å². The van der Waals surface area contributed by atoms with Crippen molar-refractivity contribution in [1.29, 1.82) is 0 Å². The van der Waals surface area contributed by atoms with E-state index in [4.69, 9.17) is 11.6 Å². The lowest BCUT2D eigenvalue weighted by atomic mass is 10.1. The van der Waals surface area contributed by atoms with E-state index in [-0.39, 0.29) is 16.4 Å². The lowest BCUT2D eigenvalue weighted by Crippen LogP contribution is -2.18. The number of sulfonamides is 1. The lowest BCUT2D eigenvalue weighted by molar-refractivity contribution is 0.0962. The lowest BCUT2D eigenvalue weighted by Gasteiger charge is -2.09. The highest BCUT2D eigenvalue weighted by Crippen LogP contribution is 2.19. The molecule has 0 aliphatic rings. The van der Waals surface area contributed by atoms with Crippen molar-refractivity contribution in [2.75, 3.05) is 17.1 Å². The van der Waals surface area contributed by atoms with Crippen molar-refractivity contribution in [3.63, 3.8) is 0 Å². The van der Waals surface area contributed by atoms with Crippen LogP contribution >= 0.6 is 11.6 Å². The van der Waals surface area contributed by atoms with Crippen LogP contribution in [0.3, 0.4) is 0 Å². The summed E-state index contributed by atoms with van der Waals surface area (Å²) in [6, 6.07) is 18.2. The second kappa shape index (κ2) is 8.98. The van der Waals surface area contributed by atoms with Gasteiger partial charge >= 0.3 is 0 Å². The molecule has 0 spiro atoms. The number of anilines is 2. The summed E-state index contributed by atoms with van der Waals surface area (Å²) in [6.45, 7) is 0. The summed E-state index contributed by atoms with van der Waals surface area (Å²) < 4.78 is 27.4. The zero-order chi connectivity index (χ0) is 21.7. The molecule has 0 radical (unpaired) electrons. The van der Waals surface area contributed by atoms with Crippen molar-refractivity contribution in [1.82, 2.24) is 5.32 Å². The number of amides is 2. The Morgan fingerprint density at radius 2 is 1.23 bits per heavy atom. The molecule has 3 rings (SSSR count). The maximum absolute atomic E-state index is 12.5. The molecule has 9 heteroatoms. The quantitative estimate of drug-likeness (QED) is 0.539. The number of carbonyl (C=O) groups excluding carboxylic acids is 2. The van der Waals surface area contributed by atoms with Crippen molar-refractivity contribution in [2.45, 2.75) is 4.90 Å². The molecule has 0 aliphatic heterocycles. The van der Waals surface area contributed by atoms with E-state index in [2.05, 4.69) is 15.4 Å². The largest absolute Gasteiger partial charge is 0.355 e. The number of rotatable bonds is 6. The Kier molecular flexibility index (Phi) is 6.39. The molecule has 0 bridgehead atoms. The minimum absolute atomic E-state index is 0.0175. The third kappa shape index (κ3) is 5.16. The zero-order valence-electron chi connectivity index (χ0n) is 15.8. The first-order valence-electron chi connectivity index (χ1n) is 8.80. The molecule has 154 valence electrons. The summed E-state index contributed by atoms with van der Waals surface area (Å²) in [6.07, 6.45) is 0. The highest BCUT2D eigenvalue weighted by Gasteiger charge is 2.15. The van der Waals surface area contributed by atoms with Crippen molar-refractivity contribution < 1.29 is 18.0 Å². The fourth-order valence-electron chi connectivity index (χ4n) is 2.57. The molecule has 0 saturated heterocycles. The van der Waals surface area contributed by atoms with Gasteiger partial charge in [-0.05, 0) is 72.8 Å². The van der Waals surface area contributed by atoms with Crippen molar-refractivity contribution in [3.05, 3.63) is 88.9 Å². The van der Waals surface area contributed by atoms with Gasteiger partial charge in [-0.1, -0.05) is 11.6 Å². The third-order valence-corrected chi connectivity index (χ3v) is 5.80. The number of benzene rings is 3. The highest BCUT2D eigenvalue weighted by atomic mass is 35.5. The molecule has 3 N–H and O–H groups in total. The predicted octanol–water partition coefficient (Wildman–Crippen LogP) is 3.75. The molecule has 3 aromatic carbocycles. The second-order valence-corrected chi connectivity index (χ2v) is 8.37. The molecule has 0 saturated carbocycles. The Morgan fingerprint density at radius 1 is 0.733 bits per heavy atom. The van der Waals surface area contributed by atoms with Crippen molar-refractivity contribution in [2.24, 2.45) is 0 Å². The van der Waals surface area contributed by atoms with Gasteiger partial charge < -0.3 is 10.6 Å². The smallest absolute Gasteiger partial charge is 0.261 e. The zero-order valence-corrected chi connectivity index (χ0v) is 17.4. The first-order valence-corrected chi connectivity index (χ1v) is 10.7. The van der Waals surface area contributed by atoms with Gasteiger partial charge in [0.15, 0.2) is 0 Å². The van der Waals surface area contributed by atoms with Gasteiger partial charge in [0.2, 0.25) is 0 Å². The Bertz CT molecular complexity index is 1160. The van der Waals surface area contributed by atoms with Gasteiger partial charge in [-0.3, -0.25) is 14.3 Å². The minimum Gasteiger partial charge on any atom is -0.355 e. The van der Waals surface area contributed by atoms with Crippen molar-refractivity contribution in [3.8, 4) is 0 Å².